The van der Waals surface area contributed by atoms with Gasteiger partial charge in [0.1, 0.15) is 5.78 Å². The van der Waals surface area contributed by atoms with E-state index < -0.39 is 0 Å². The van der Waals surface area contributed by atoms with E-state index in [1.807, 2.05) is 44.2 Å². The second-order valence-corrected chi connectivity index (χ2v) is 3.45. The van der Waals surface area contributed by atoms with E-state index >= 15 is 0 Å². The molecular weight excluding hydrogens is 214 g/mol. The van der Waals surface area contributed by atoms with Gasteiger partial charge in [-0.3, -0.25) is 4.79 Å². The monoisotopic (exact) mass is 237 g/mol. The third-order valence-corrected chi connectivity index (χ3v) is 2.24. The Morgan fingerprint density at radius 1 is 1.29 bits per heavy atom. The van der Waals surface area contributed by atoms with Crippen LogP contribution in [0.1, 0.15) is 26.3 Å². The summed E-state index contributed by atoms with van der Waals surface area (Å²) in [6, 6.07) is 9.71. The first-order valence-electron chi connectivity index (χ1n) is 6.03. The van der Waals surface area contributed by atoms with Gasteiger partial charge in [-0.1, -0.05) is 44.2 Å². The van der Waals surface area contributed by atoms with Crippen molar-refractivity contribution < 1.29 is 9.53 Å². The first-order chi connectivity index (χ1) is 8.24. The van der Waals surface area contributed by atoms with Crippen LogP contribution in [0.25, 0.3) is 0 Å². The van der Waals surface area contributed by atoms with E-state index in [2.05, 4.69) is 5.32 Å². The van der Waals surface area contributed by atoms with Crippen LogP contribution in [0.3, 0.4) is 0 Å². The lowest BCUT2D eigenvalue weighted by Crippen LogP contribution is -2.36. The maximum absolute atomic E-state index is 11.1. The lowest BCUT2D eigenvalue weighted by Gasteiger charge is -2.12. The van der Waals surface area contributed by atoms with Gasteiger partial charge < -0.3 is 10.1 Å². The molecule has 3 heteroatoms. The fourth-order valence-electron chi connectivity index (χ4n) is 1.27. The van der Waals surface area contributed by atoms with E-state index in [-0.39, 0.29) is 11.8 Å². The first-order valence-corrected chi connectivity index (χ1v) is 6.03. The maximum atomic E-state index is 11.1. The molecule has 0 bridgehead atoms. The molecule has 17 heavy (non-hydrogen) atoms. The summed E-state index contributed by atoms with van der Waals surface area (Å²) in [7, 11) is 1.76. The van der Waals surface area contributed by atoms with Gasteiger partial charge in [0.15, 0.2) is 0 Å². The van der Waals surface area contributed by atoms with Crippen molar-refractivity contribution in [3.05, 3.63) is 35.9 Å². The van der Waals surface area contributed by atoms with Gasteiger partial charge in [-0.2, -0.15) is 0 Å². The summed E-state index contributed by atoms with van der Waals surface area (Å²) in [5.41, 5.74) is 1.12. The summed E-state index contributed by atoms with van der Waals surface area (Å²) in [4.78, 5) is 11.1. The second kappa shape index (κ2) is 10.00. The number of likely N-dealkylation sites (N-methyl/N-ethyl adjacent to an activating group) is 1. The van der Waals surface area contributed by atoms with Crippen LogP contribution in [0.15, 0.2) is 30.3 Å². The number of carbonyl (C=O) groups is 1. The molecule has 0 amide bonds. The van der Waals surface area contributed by atoms with Crippen LogP contribution in [-0.4, -0.2) is 25.5 Å². The van der Waals surface area contributed by atoms with E-state index in [1.165, 1.54) is 0 Å². The number of carbonyl (C=O) groups excluding carboxylic acids is 1. The average molecular weight is 237 g/mol. The molecule has 1 aromatic carbocycles. The Morgan fingerprint density at radius 3 is 2.35 bits per heavy atom. The minimum absolute atomic E-state index is 0.102. The smallest absolute Gasteiger partial charge is 0.149 e. The number of nitrogens with one attached hydrogen (secondary N) is 1. The van der Waals surface area contributed by atoms with Crippen molar-refractivity contribution in [2.24, 2.45) is 0 Å². The zero-order valence-electron chi connectivity index (χ0n) is 11.2. The molecule has 96 valence electrons. The predicted octanol–water partition coefficient (Wildman–Crippen LogP) is 2.41. The normalized spacial score (nSPS) is 11.3. The number of rotatable bonds is 6. The number of hydrogen-bond donors (Lipinski definition) is 1. The first kappa shape index (κ1) is 15.8. The van der Waals surface area contributed by atoms with Crippen LogP contribution < -0.4 is 5.32 Å². The highest BCUT2D eigenvalue weighted by molar-refractivity contribution is 5.81. The van der Waals surface area contributed by atoms with Gasteiger partial charge in [-0.05, 0) is 19.5 Å². The van der Waals surface area contributed by atoms with E-state index in [1.54, 1.807) is 14.0 Å². The SMILES string of the molecule is CC.CNC(COCc1ccccc1)C(C)=O. The van der Waals surface area contributed by atoms with Crippen LogP contribution in [0.4, 0.5) is 0 Å². The maximum Gasteiger partial charge on any atom is 0.149 e. The Bertz CT molecular complexity index is 298. The summed E-state index contributed by atoms with van der Waals surface area (Å²) >= 11 is 0. The number of hydrogen-bond acceptors (Lipinski definition) is 3. The molecule has 3 nitrogen and oxygen atoms in total. The van der Waals surface area contributed by atoms with Crippen LogP contribution in [0.5, 0.6) is 0 Å². The molecule has 0 radical (unpaired) electrons. The van der Waals surface area contributed by atoms with Gasteiger partial charge >= 0.3 is 0 Å². The summed E-state index contributed by atoms with van der Waals surface area (Å²) < 4.78 is 5.45. The van der Waals surface area contributed by atoms with E-state index in [4.69, 9.17) is 4.74 Å². The van der Waals surface area contributed by atoms with Crippen molar-refractivity contribution in [2.75, 3.05) is 13.7 Å². The van der Waals surface area contributed by atoms with Gasteiger partial charge in [0.2, 0.25) is 0 Å². The Morgan fingerprint density at radius 2 is 1.88 bits per heavy atom. The molecule has 0 saturated carbocycles. The van der Waals surface area contributed by atoms with Crippen molar-refractivity contribution in [2.45, 2.75) is 33.4 Å². The van der Waals surface area contributed by atoms with Gasteiger partial charge in [0.05, 0.1) is 19.3 Å². The largest absolute Gasteiger partial charge is 0.375 e. The molecule has 0 aliphatic carbocycles. The molecule has 1 atom stereocenters. The summed E-state index contributed by atoms with van der Waals surface area (Å²) in [5.74, 6) is 0.102. The van der Waals surface area contributed by atoms with Crippen LogP contribution in [0, 0.1) is 0 Å². The molecule has 0 saturated heterocycles. The zero-order valence-corrected chi connectivity index (χ0v) is 11.2. The zero-order chi connectivity index (χ0) is 13.1. The second-order valence-electron chi connectivity index (χ2n) is 3.45. The third kappa shape index (κ3) is 6.87. The molecule has 0 heterocycles. The summed E-state index contributed by atoms with van der Waals surface area (Å²) in [5, 5.41) is 2.91. The summed E-state index contributed by atoms with van der Waals surface area (Å²) in [6.07, 6.45) is 0. The van der Waals surface area contributed by atoms with Crippen molar-refractivity contribution >= 4 is 5.78 Å². The molecule has 0 aliphatic rings. The molecule has 1 rings (SSSR count). The van der Waals surface area contributed by atoms with Crippen molar-refractivity contribution in [3.8, 4) is 0 Å². The molecule has 0 spiro atoms. The Hall–Kier alpha value is -1.19. The van der Waals surface area contributed by atoms with Gasteiger partial charge in [-0.15, -0.1) is 0 Å². The number of Topliss-reactive ketones (excluding diaryl/α,β-unsaturated/α-hetero) is 1. The van der Waals surface area contributed by atoms with Crippen molar-refractivity contribution in [3.63, 3.8) is 0 Å². The van der Waals surface area contributed by atoms with Crippen LogP contribution >= 0.6 is 0 Å². The third-order valence-electron chi connectivity index (χ3n) is 2.24. The molecular formula is C14H23NO2. The Balaban J connectivity index is 0.00000121. The molecule has 0 aliphatic heterocycles. The Labute approximate surface area is 104 Å². The number of ketones is 1. The molecule has 0 aromatic heterocycles. The molecule has 1 aromatic rings. The van der Waals surface area contributed by atoms with Crippen molar-refractivity contribution in [1.82, 2.24) is 5.32 Å². The topological polar surface area (TPSA) is 38.3 Å². The fraction of sp³-hybridized carbons (Fsp3) is 0.500. The van der Waals surface area contributed by atoms with E-state index in [9.17, 15) is 4.79 Å². The molecule has 1 N–H and O–H groups in total. The van der Waals surface area contributed by atoms with Crippen LogP contribution in [0.2, 0.25) is 0 Å². The quantitative estimate of drug-likeness (QED) is 0.825. The summed E-state index contributed by atoms with van der Waals surface area (Å²) in [6.45, 7) is 6.53. The highest BCUT2D eigenvalue weighted by Crippen LogP contribution is 2.01. The fourth-order valence-corrected chi connectivity index (χ4v) is 1.27. The van der Waals surface area contributed by atoms with Gasteiger partial charge in [-0.25, -0.2) is 0 Å². The lowest BCUT2D eigenvalue weighted by atomic mass is 10.2. The highest BCUT2D eigenvalue weighted by Gasteiger charge is 2.10. The van der Waals surface area contributed by atoms with Crippen molar-refractivity contribution in [1.29, 1.82) is 0 Å². The van der Waals surface area contributed by atoms with Crippen LogP contribution in [-0.2, 0) is 16.1 Å². The Kier molecular flexibility index (Phi) is 9.30. The minimum atomic E-state index is -0.200. The molecule has 1 unspecified atom stereocenters. The predicted molar refractivity (Wildman–Crippen MR) is 71.0 cm³/mol. The van der Waals surface area contributed by atoms with Gasteiger partial charge in [0.25, 0.3) is 0 Å². The highest BCUT2D eigenvalue weighted by atomic mass is 16.5. The average Bonchev–Trinajstić information content (AvgIpc) is 2.38. The standard InChI is InChI=1S/C12H17NO2.C2H6/c1-10(14)12(13-2)9-15-8-11-6-4-3-5-7-11;1-2/h3-7,12-13H,8-9H2,1-2H3;1-2H3. The van der Waals surface area contributed by atoms with E-state index in [0.717, 1.165) is 5.56 Å². The lowest BCUT2D eigenvalue weighted by molar-refractivity contribution is -0.120. The number of benzene rings is 1. The van der Waals surface area contributed by atoms with E-state index in [0.29, 0.717) is 13.2 Å². The number of ether oxygens (including phenoxy) is 1. The molecule has 0 fully saturated rings. The minimum Gasteiger partial charge on any atom is -0.375 e. The van der Waals surface area contributed by atoms with Gasteiger partial charge in [0, 0.05) is 0 Å².